The second-order valence-electron chi connectivity index (χ2n) is 3.49. The third-order valence-corrected chi connectivity index (χ3v) is 2.32. The van der Waals surface area contributed by atoms with Gasteiger partial charge in [-0.2, -0.15) is 0 Å². The molecule has 0 unspecified atom stereocenters. The molecule has 2 heterocycles. The summed E-state index contributed by atoms with van der Waals surface area (Å²) in [6.45, 7) is 3.49. The number of aryl methyl sites for hydroxylation is 1. The van der Waals surface area contributed by atoms with Crippen LogP contribution in [0.5, 0.6) is 0 Å². The lowest BCUT2D eigenvalue weighted by Gasteiger charge is -2.08. The SMILES string of the molecule is Cc1nc(N)c(C)c(-c2ccncc2F)n1. The lowest BCUT2D eigenvalue weighted by atomic mass is 10.1. The fraction of sp³-hybridized carbons (Fsp3) is 0.182. The van der Waals surface area contributed by atoms with Crippen molar-refractivity contribution < 1.29 is 4.39 Å². The van der Waals surface area contributed by atoms with Crippen molar-refractivity contribution in [2.45, 2.75) is 13.8 Å². The topological polar surface area (TPSA) is 64.7 Å². The monoisotopic (exact) mass is 218 g/mol. The Balaban J connectivity index is 2.69. The quantitative estimate of drug-likeness (QED) is 0.793. The number of nitrogens with zero attached hydrogens (tertiary/aromatic N) is 3. The fourth-order valence-electron chi connectivity index (χ4n) is 1.48. The summed E-state index contributed by atoms with van der Waals surface area (Å²) in [6.07, 6.45) is 2.67. The summed E-state index contributed by atoms with van der Waals surface area (Å²) in [6, 6.07) is 1.57. The highest BCUT2D eigenvalue weighted by Crippen LogP contribution is 2.25. The Labute approximate surface area is 92.4 Å². The summed E-state index contributed by atoms with van der Waals surface area (Å²) < 4.78 is 13.6. The molecule has 82 valence electrons. The Morgan fingerprint density at radius 3 is 2.69 bits per heavy atom. The molecule has 5 heteroatoms. The van der Waals surface area contributed by atoms with E-state index < -0.39 is 5.82 Å². The Hall–Kier alpha value is -2.04. The van der Waals surface area contributed by atoms with Crippen molar-refractivity contribution in [2.24, 2.45) is 0 Å². The van der Waals surface area contributed by atoms with Crippen LogP contribution in [-0.4, -0.2) is 15.0 Å². The molecule has 0 aliphatic rings. The molecular formula is C11H11FN4. The molecule has 2 aromatic heterocycles. The van der Waals surface area contributed by atoms with Gasteiger partial charge in [0.2, 0.25) is 0 Å². The molecule has 0 saturated carbocycles. The zero-order chi connectivity index (χ0) is 11.7. The highest BCUT2D eigenvalue weighted by Gasteiger charge is 2.12. The summed E-state index contributed by atoms with van der Waals surface area (Å²) in [5, 5.41) is 0. The van der Waals surface area contributed by atoms with Crippen LogP contribution >= 0.6 is 0 Å². The fourth-order valence-corrected chi connectivity index (χ4v) is 1.48. The average molecular weight is 218 g/mol. The lowest BCUT2D eigenvalue weighted by molar-refractivity contribution is 0.624. The molecule has 0 aromatic carbocycles. The molecule has 2 rings (SSSR count). The molecule has 0 radical (unpaired) electrons. The molecule has 0 atom stereocenters. The minimum absolute atomic E-state index is 0.374. The van der Waals surface area contributed by atoms with E-state index in [0.717, 1.165) is 6.20 Å². The van der Waals surface area contributed by atoms with E-state index in [1.807, 2.05) is 0 Å². The first-order valence-corrected chi connectivity index (χ1v) is 4.80. The third-order valence-electron chi connectivity index (χ3n) is 2.32. The Morgan fingerprint density at radius 2 is 2.00 bits per heavy atom. The Morgan fingerprint density at radius 1 is 1.25 bits per heavy atom. The summed E-state index contributed by atoms with van der Waals surface area (Å²) in [5.41, 5.74) is 7.31. The Bertz CT molecular complexity index is 540. The Kier molecular flexibility index (Phi) is 2.52. The van der Waals surface area contributed by atoms with Gasteiger partial charge in [0, 0.05) is 17.3 Å². The zero-order valence-corrected chi connectivity index (χ0v) is 9.03. The van der Waals surface area contributed by atoms with E-state index in [1.165, 1.54) is 6.20 Å². The van der Waals surface area contributed by atoms with Crippen molar-refractivity contribution in [1.29, 1.82) is 0 Å². The number of hydrogen-bond acceptors (Lipinski definition) is 4. The van der Waals surface area contributed by atoms with Gasteiger partial charge in [0.25, 0.3) is 0 Å². The van der Waals surface area contributed by atoms with E-state index in [9.17, 15) is 4.39 Å². The first kappa shape index (κ1) is 10.5. The highest BCUT2D eigenvalue weighted by molar-refractivity contribution is 5.67. The van der Waals surface area contributed by atoms with Crippen LogP contribution in [0.2, 0.25) is 0 Å². The van der Waals surface area contributed by atoms with E-state index in [4.69, 9.17) is 5.73 Å². The van der Waals surface area contributed by atoms with Gasteiger partial charge in [0.05, 0.1) is 11.9 Å². The van der Waals surface area contributed by atoms with Gasteiger partial charge < -0.3 is 5.73 Å². The van der Waals surface area contributed by atoms with Crippen LogP contribution in [0, 0.1) is 19.7 Å². The van der Waals surface area contributed by atoms with Gasteiger partial charge in [-0.1, -0.05) is 0 Å². The molecule has 2 N–H and O–H groups in total. The second-order valence-corrected chi connectivity index (χ2v) is 3.49. The van der Waals surface area contributed by atoms with E-state index in [1.54, 1.807) is 19.9 Å². The van der Waals surface area contributed by atoms with E-state index >= 15 is 0 Å². The van der Waals surface area contributed by atoms with Crippen molar-refractivity contribution in [1.82, 2.24) is 15.0 Å². The molecule has 0 amide bonds. The number of anilines is 1. The first-order chi connectivity index (χ1) is 7.59. The number of hydrogen-bond donors (Lipinski definition) is 1. The summed E-state index contributed by atoms with van der Waals surface area (Å²) >= 11 is 0. The van der Waals surface area contributed by atoms with Crippen molar-refractivity contribution in [3.8, 4) is 11.3 Å². The van der Waals surface area contributed by atoms with Crippen LogP contribution in [0.25, 0.3) is 11.3 Å². The van der Waals surface area contributed by atoms with Crippen LogP contribution in [0.4, 0.5) is 10.2 Å². The van der Waals surface area contributed by atoms with Crippen molar-refractivity contribution in [3.63, 3.8) is 0 Å². The third kappa shape index (κ3) is 1.71. The van der Waals surface area contributed by atoms with E-state index in [2.05, 4.69) is 15.0 Å². The van der Waals surface area contributed by atoms with Gasteiger partial charge in [0.15, 0.2) is 5.82 Å². The van der Waals surface area contributed by atoms with Crippen molar-refractivity contribution >= 4 is 5.82 Å². The lowest BCUT2D eigenvalue weighted by Crippen LogP contribution is -2.03. The first-order valence-electron chi connectivity index (χ1n) is 4.80. The van der Waals surface area contributed by atoms with Gasteiger partial charge in [-0.05, 0) is 19.9 Å². The molecule has 0 bridgehead atoms. The van der Waals surface area contributed by atoms with Gasteiger partial charge >= 0.3 is 0 Å². The minimum Gasteiger partial charge on any atom is -0.383 e. The maximum atomic E-state index is 13.6. The molecular weight excluding hydrogens is 207 g/mol. The van der Waals surface area contributed by atoms with E-state index in [0.29, 0.717) is 28.5 Å². The molecule has 4 nitrogen and oxygen atoms in total. The highest BCUT2D eigenvalue weighted by atomic mass is 19.1. The summed E-state index contributed by atoms with van der Waals surface area (Å²) in [4.78, 5) is 11.9. The molecule has 16 heavy (non-hydrogen) atoms. The van der Waals surface area contributed by atoms with E-state index in [-0.39, 0.29) is 0 Å². The molecule has 0 aliphatic carbocycles. The van der Waals surface area contributed by atoms with Crippen LogP contribution in [-0.2, 0) is 0 Å². The van der Waals surface area contributed by atoms with Gasteiger partial charge in [-0.25, -0.2) is 14.4 Å². The number of nitrogen functional groups attached to an aromatic ring is 1. The standard InChI is InChI=1S/C11H11FN4/c1-6-10(15-7(2)16-11(6)13)8-3-4-14-5-9(8)12/h3-5H,1-2H3,(H2,13,15,16). The number of nitrogens with two attached hydrogens (primary N) is 1. The molecule has 0 fully saturated rings. The molecule has 2 aromatic rings. The van der Waals surface area contributed by atoms with Gasteiger partial charge in [0.1, 0.15) is 11.6 Å². The molecule has 0 spiro atoms. The minimum atomic E-state index is -0.414. The average Bonchev–Trinajstić information content (AvgIpc) is 2.24. The normalized spacial score (nSPS) is 10.4. The van der Waals surface area contributed by atoms with Crippen molar-refractivity contribution in [2.75, 3.05) is 5.73 Å². The number of halogens is 1. The maximum absolute atomic E-state index is 13.6. The smallest absolute Gasteiger partial charge is 0.150 e. The van der Waals surface area contributed by atoms with Crippen LogP contribution in [0.1, 0.15) is 11.4 Å². The van der Waals surface area contributed by atoms with Gasteiger partial charge in [-0.15, -0.1) is 0 Å². The van der Waals surface area contributed by atoms with Crippen LogP contribution < -0.4 is 5.73 Å². The predicted molar refractivity (Wildman–Crippen MR) is 59.1 cm³/mol. The van der Waals surface area contributed by atoms with Crippen molar-refractivity contribution in [3.05, 3.63) is 35.7 Å². The number of pyridine rings is 1. The maximum Gasteiger partial charge on any atom is 0.150 e. The molecule has 0 aliphatic heterocycles. The summed E-state index contributed by atoms with van der Waals surface area (Å²) in [7, 11) is 0. The summed E-state index contributed by atoms with van der Waals surface area (Å²) in [5.74, 6) is 0.483. The van der Waals surface area contributed by atoms with Crippen LogP contribution in [0.15, 0.2) is 18.5 Å². The van der Waals surface area contributed by atoms with Crippen LogP contribution in [0.3, 0.4) is 0 Å². The molecule has 0 saturated heterocycles. The largest absolute Gasteiger partial charge is 0.383 e. The predicted octanol–water partition coefficient (Wildman–Crippen LogP) is 1.88. The second kappa shape index (κ2) is 3.84. The zero-order valence-electron chi connectivity index (χ0n) is 9.03. The number of aromatic nitrogens is 3. The van der Waals surface area contributed by atoms with Gasteiger partial charge in [-0.3, -0.25) is 4.98 Å². The number of rotatable bonds is 1.